The van der Waals surface area contributed by atoms with Crippen LogP contribution in [0.4, 0.5) is 0 Å². The van der Waals surface area contributed by atoms with Crippen molar-refractivity contribution in [2.75, 3.05) is 6.54 Å². The zero-order chi connectivity index (χ0) is 9.14. The van der Waals surface area contributed by atoms with E-state index in [1.807, 2.05) is 0 Å². The van der Waals surface area contributed by atoms with Gasteiger partial charge in [-0.2, -0.15) is 0 Å². The van der Waals surface area contributed by atoms with Crippen LogP contribution >= 0.6 is 15.9 Å². The van der Waals surface area contributed by atoms with Gasteiger partial charge in [-0.25, -0.2) is 0 Å². The average Bonchev–Trinajstić information content (AvgIpc) is 2.01. The van der Waals surface area contributed by atoms with Gasteiger partial charge < -0.3 is 15.9 Å². The molecule has 66 valence electrons. The van der Waals surface area contributed by atoms with Crippen molar-refractivity contribution >= 4 is 15.9 Å². The van der Waals surface area contributed by atoms with Gasteiger partial charge in [0.2, 0.25) is 0 Å². The van der Waals surface area contributed by atoms with E-state index in [1.54, 1.807) is 0 Å². The van der Waals surface area contributed by atoms with Crippen molar-refractivity contribution < 1.29 is 10.2 Å². The SMILES string of the molecule is NCCc1cc(O)c(Br)cc1O. The van der Waals surface area contributed by atoms with Crippen molar-refractivity contribution in [3.05, 3.63) is 22.2 Å². The van der Waals surface area contributed by atoms with Crippen molar-refractivity contribution in [1.29, 1.82) is 0 Å². The first-order valence-corrected chi connectivity index (χ1v) is 4.35. The third-order valence-electron chi connectivity index (χ3n) is 1.56. The van der Waals surface area contributed by atoms with Crippen LogP contribution in [0.25, 0.3) is 0 Å². The van der Waals surface area contributed by atoms with Gasteiger partial charge in [0.05, 0.1) is 4.47 Å². The molecule has 3 nitrogen and oxygen atoms in total. The number of benzene rings is 1. The molecule has 0 saturated heterocycles. The molecule has 1 rings (SSSR count). The maximum absolute atomic E-state index is 9.35. The molecule has 0 heterocycles. The summed E-state index contributed by atoms with van der Waals surface area (Å²) in [5.41, 5.74) is 5.98. The molecule has 0 aromatic heterocycles. The molecule has 0 bridgehead atoms. The van der Waals surface area contributed by atoms with E-state index in [0.717, 1.165) is 0 Å². The van der Waals surface area contributed by atoms with E-state index in [9.17, 15) is 10.2 Å². The lowest BCUT2D eigenvalue weighted by Gasteiger charge is -2.04. The van der Waals surface area contributed by atoms with E-state index >= 15 is 0 Å². The second-order valence-corrected chi connectivity index (χ2v) is 3.33. The summed E-state index contributed by atoms with van der Waals surface area (Å²) in [6.45, 7) is 0.453. The van der Waals surface area contributed by atoms with E-state index in [4.69, 9.17) is 5.73 Å². The quantitative estimate of drug-likeness (QED) is 0.674. The zero-order valence-electron chi connectivity index (χ0n) is 6.42. The van der Waals surface area contributed by atoms with Gasteiger partial charge in [0, 0.05) is 0 Å². The minimum absolute atomic E-state index is 0.122. The van der Waals surface area contributed by atoms with Crippen LogP contribution in [-0.2, 0) is 6.42 Å². The maximum Gasteiger partial charge on any atom is 0.130 e. The molecule has 12 heavy (non-hydrogen) atoms. The summed E-state index contributed by atoms with van der Waals surface area (Å²) in [6, 6.07) is 2.96. The van der Waals surface area contributed by atoms with Gasteiger partial charge in [0.25, 0.3) is 0 Å². The van der Waals surface area contributed by atoms with Crippen LogP contribution in [0.15, 0.2) is 16.6 Å². The van der Waals surface area contributed by atoms with E-state index < -0.39 is 0 Å². The number of phenols is 2. The number of aromatic hydroxyl groups is 2. The largest absolute Gasteiger partial charge is 0.508 e. The number of phenolic OH excluding ortho intramolecular Hbond substituents is 2. The Kier molecular flexibility index (Phi) is 2.94. The van der Waals surface area contributed by atoms with Gasteiger partial charge in [0.1, 0.15) is 11.5 Å². The molecule has 0 radical (unpaired) electrons. The van der Waals surface area contributed by atoms with Crippen LogP contribution in [-0.4, -0.2) is 16.8 Å². The van der Waals surface area contributed by atoms with Crippen molar-refractivity contribution in [2.45, 2.75) is 6.42 Å². The first kappa shape index (κ1) is 9.35. The Balaban J connectivity index is 3.05. The van der Waals surface area contributed by atoms with Gasteiger partial charge in [-0.15, -0.1) is 0 Å². The Hall–Kier alpha value is -0.740. The number of halogens is 1. The third-order valence-corrected chi connectivity index (χ3v) is 2.20. The lowest BCUT2D eigenvalue weighted by Crippen LogP contribution is -2.02. The normalized spacial score (nSPS) is 10.2. The molecule has 0 saturated carbocycles. The molecule has 0 spiro atoms. The predicted molar refractivity (Wildman–Crippen MR) is 50.2 cm³/mol. The Labute approximate surface area is 79.0 Å². The lowest BCUT2D eigenvalue weighted by atomic mass is 10.1. The van der Waals surface area contributed by atoms with Gasteiger partial charge in [0.15, 0.2) is 0 Å². The first-order valence-electron chi connectivity index (χ1n) is 3.55. The summed E-state index contributed by atoms with van der Waals surface area (Å²) in [6.07, 6.45) is 0.562. The molecular formula is C8H10BrNO2. The molecule has 0 aliphatic carbocycles. The van der Waals surface area contributed by atoms with Crippen LogP contribution in [0, 0.1) is 0 Å². The molecule has 1 aromatic carbocycles. The fraction of sp³-hybridized carbons (Fsp3) is 0.250. The predicted octanol–water partition coefficient (Wildman–Crippen LogP) is 1.36. The second-order valence-electron chi connectivity index (χ2n) is 2.47. The van der Waals surface area contributed by atoms with Crippen LogP contribution in [0.1, 0.15) is 5.56 Å². The average molecular weight is 232 g/mol. The Morgan fingerprint density at radius 3 is 2.50 bits per heavy atom. The monoisotopic (exact) mass is 231 g/mol. The smallest absolute Gasteiger partial charge is 0.130 e. The fourth-order valence-electron chi connectivity index (χ4n) is 0.950. The highest BCUT2D eigenvalue weighted by molar-refractivity contribution is 9.10. The summed E-state index contributed by atoms with van der Waals surface area (Å²) in [5.74, 6) is 0.279. The number of rotatable bonds is 2. The third kappa shape index (κ3) is 1.89. The zero-order valence-corrected chi connectivity index (χ0v) is 8.00. The molecule has 0 atom stereocenters. The van der Waals surface area contributed by atoms with Gasteiger partial charge in [-0.3, -0.25) is 0 Å². The molecule has 4 N–H and O–H groups in total. The molecule has 0 amide bonds. The maximum atomic E-state index is 9.35. The van der Waals surface area contributed by atoms with E-state index in [-0.39, 0.29) is 11.5 Å². The Morgan fingerprint density at radius 2 is 1.92 bits per heavy atom. The summed E-state index contributed by atoms with van der Waals surface area (Å²) >= 11 is 3.09. The Bertz CT molecular complexity index is 289. The number of hydrogen-bond donors (Lipinski definition) is 3. The standard InChI is InChI=1S/C8H10BrNO2/c9-6-4-7(11)5(1-2-10)3-8(6)12/h3-4,11-12H,1-2,10H2. The van der Waals surface area contributed by atoms with E-state index in [0.29, 0.717) is 23.0 Å². The topological polar surface area (TPSA) is 66.5 Å². The summed E-state index contributed by atoms with van der Waals surface area (Å²) in [7, 11) is 0. The molecule has 1 aromatic rings. The van der Waals surface area contributed by atoms with Crippen LogP contribution < -0.4 is 5.73 Å². The van der Waals surface area contributed by atoms with Gasteiger partial charge in [-0.05, 0) is 46.6 Å². The van der Waals surface area contributed by atoms with Crippen molar-refractivity contribution in [3.63, 3.8) is 0 Å². The summed E-state index contributed by atoms with van der Waals surface area (Å²) in [5, 5.41) is 18.6. The van der Waals surface area contributed by atoms with Crippen LogP contribution in [0.5, 0.6) is 11.5 Å². The molecule has 0 unspecified atom stereocenters. The molecular weight excluding hydrogens is 222 g/mol. The molecule has 4 heteroatoms. The van der Waals surface area contributed by atoms with Crippen molar-refractivity contribution in [2.24, 2.45) is 5.73 Å². The van der Waals surface area contributed by atoms with Crippen LogP contribution in [0.2, 0.25) is 0 Å². The first-order chi connectivity index (χ1) is 5.65. The summed E-state index contributed by atoms with van der Waals surface area (Å²) < 4.78 is 0.487. The number of nitrogens with two attached hydrogens (primary N) is 1. The molecule has 0 aliphatic rings. The minimum Gasteiger partial charge on any atom is -0.508 e. The Morgan fingerprint density at radius 1 is 1.25 bits per heavy atom. The fourth-order valence-corrected chi connectivity index (χ4v) is 1.28. The molecule has 0 fully saturated rings. The van der Waals surface area contributed by atoms with Crippen molar-refractivity contribution in [3.8, 4) is 11.5 Å². The minimum atomic E-state index is 0.122. The van der Waals surface area contributed by atoms with Gasteiger partial charge >= 0.3 is 0 Å². The van der Waals surface area contributed by atoms with E-state index in [1.165, 1.54) is 12.1 Å². The van der Waals surface area contributed by atoms with E-state index in [2.05, 4.69) is 15.9 Å². The number of hydrogen-bond acceptors (Lipinski definition) is 3. The van der Waals surface area contributed by atoms with Crippen molar-refractivity contribution in [1.82, 2.24) is 0 Å². The summed E-state index contributed by atoms with van der Waals surface area (Å²) in [4.78, 5) is 0. The molecule has 0 aliphatic heterocycles. The second kappa shape index (κ2) is 3.78. The highest BCUT2D eigenvalue weighted by Crippen LogP contribution is 2.31. The lowest BCUT2D eigenvalue weighted by molar-refractivity contribution is 0.451. The highest BCUT2D eigenvalue weighted by atomic mass is 79.9. The van der Waals surface area contributed by atoms with Gasteiger partial charge in [-0.1, -0.05) is 0 Å². The van der Waals surface area contributed by atoms with Crippen LogP contribution in [0.3, 0.4) is 0 Å². The highest BCUT2D eigenvalue weighted by Gasteiger charge is 2.05.